The van der Waals surface area contributed by atoms with Crippen molar-refractivity contribution in [2.75, 3.05) is 7.05 Å². The van der Waals surface area contributed by atoms with Crippen LogP contribution in [-0.4, -0.2) is 24.0 Å². The number of rotatable bonds is 4. The van der Waals surface area contributed by atoms with Crippen LogP contribution in [0.1, 0.15) is 24.4 Å². The number of hydrogen-bond donors (Lipinski definition) is 2. The molecule has 5 heteroatoms. The molecule has 1 aromatic heterocycles. The third-order valence-electron chi connectivity index (χ3n) is 2.98. The van der Waals surface area contributed by atoms with Crippen LogP contribution in [0.4, 0.5) is 0 Å². The van der Waals surface area contributed by atoms with Gasteiger partial charge in [-0.3, -0.25) is 4.99 Å². The first-order valence-electron chi connectivity index (χ1n) is 7.09. The Kier molecular flexibility index (Phi) is 5.33. The highest BCUT2D eigenvalue weighted by molar-refractivity contribution is 7.15. The van der Waals surface area contributed by atoms with Gasteiger partial charge in [-0.2, -0.15) is 0 Å². The number of aryl methyl sites for hydroxylation is 1. The zero-order valence-corrected chi connectivity index (χ0v) is 13.8. The van der Waals surface area contributed by atoms with Crippen LogP contribution in [0, 0.1) is 6.92 Å². The van der Waals surface area contributed by atoms with Crippen molar-refractivity contribution < 1.29 is 0 Å². The Hall–Kier alpha value is -1.88. The van der Waals surface area contributed by atoms with Crippen molar-refractivity contribution in [3.05, 3.63) is 40.9 Å². The topological polar surface area (TPSA) is 49.3 Å². The van der Waals surface area contributed by atoms with E-state index in [-0.39, 0.29) is 0 Å². The zero-order valence-electron chi connectivity index (χ0n) is 13.0. The fourth-order valence-corrected chi connectivity index (χ4v) is 2.94. The number of hydrogen-bond acceptors (Lipinski definition) is 3. The Morgan fingerprint density at radius 2 is 2.00 bits per heavy atom. The summed E-state index contributed by atoms with van der Waals surface area (Å²) in [7, 11) is 1.78. The summed E-state index contributed by atoms with van der Waals surface area (Å²) in [6, 6.07) is 10.6. The van der Waals surface area contributed by atoms with Crippen LogP contribution in [0.15, 0.2) is 35.3 Å². The lowest BCUT2D eigenvalue weighted by molar-refractivity contribution is 0.700. The Morgan fingerprint density at radius 3 is 2.62 bits per heavy atom. The molecule has 2 aromatic rings. The van der Waals surface area contributed by atoms with Gasteiger partial charge >= 0.3 is 0 Å². The van der Waals surface area contributed by atoms with E-state index in [2.05, 4.69) is 53.5 Å². The van der Waals surface area contributed by atoms with E-state index in [0.717, 1.165) is 23.2 Å². The second kappa shape index (κ2) is 7.22. The highest BCUT2D eigenvalue weighted by Gasteiger charge is 2.10. The lowest BCUT2D eigenvalue weighted by Gasteiger charge is -2.13. The molecular weight excluding hydrogens is 280 g/mol. The molecule has 0 saturated carbocycles. The maximum absolute atomic E-state index is 4.66. The number of aromatic nitrogens is 1. The van der Waals surface area contributed by atoms with E-state index in [1.54, 1.807) is 18.4 Å². The van der Waals surface area contributed by atoms with Gasteiger partial charge in [0.2, 0.25) is 0 Å². The smallest absolute Gasteiger partial charge is 0.191 e. The number of guanidine groups is 1. The molecule has 0 radical (unpaired) electrons. The molecule has 0 amide bonds. The summed E-state index contributed by atoms with van der Waals surface area (Å²) in [6.45, 7) is 6.98. The number of thiazole rings is 1. The number of aliphatic imine (C=N–C) groups is 1. The molecule has 0 aliphatic carbocycles. The maximum atomic E-state index is 4.66. The molecule has 0 atom stereocenters. The molecule has 0 unspecified atom stereocenters. The van der Waals surface area contributed by atoms with Crippen LogP contribution < -0.4 is 10.6 Å². The summed E-state index contributed by atoms with van der Waals surface area (Å²) in [5.74, 6) is 0.819. The quantitative estimate of drug-likeness (QED) is 0.673. The normalized spacial score (nSPS) is 11.8. The molecule has 4 nitrogen and oxygen atoms in total. The molecule has 0 bridgehead atoms. The zero-order chi connectivity index (χ0) is 15.2. The van der Waals surface area contributed by atoms with Crippen LogP contribution in [0.25, 0.3) is 10.6 Å². The molecule has 2 rings (SSSR count). The van der Waals surface area contributed by atoms with Crippen LogP contribution >= 0.6 is 11.3 Å². The summed E-state index contributed by atoms with van der Waals surface area (Å²) in [4.78, 5) is 10.1. The highest BCUT2D eigenvalue weighted by atomic mass is 32.1. The van der Waals surface area contributed by atoms with Gasteiger partial charge in [-0.15, -0.1) is 11.3 Å². The van der Waals surface area contributed by atoms with Crippen LogP contribution in [-0.2, 0) is 6.54 Å². The molecule has 0 aliphatic rings. The monoisotopic (exact) mass is 302 g/mol. The summed E-state index contributed by atoms with van der Waals surface area (Å²) in [6.07, 6.45) is 0. The minimum atomic E-state index is 0.360. The van der Waals surface area contributed by atoms with Gasteiger partial charge in [0, 0.05) is 23.5 Å². The summed E-state index contributed by atoms with van der Waals surface area (Å²) >= 11 is 1.73. The van der Waals surface area contributed by atoms with Crippen molar-refractivity contribution in [1.82, 2.24) is 15.6 Å². The van der Waals surface area contributed by atoms with Gasteiger partial charge in [-0.25, -0.2) is 4.98 Å². The molecule has 1 heterocycles. The van der Waals surface area contributed by atoms with E-state index < -0.39 is 0 Å². The summed E-state index contributed by atoms with van der Waals surface area (Å²) in [5, 5.41) is 7.68. The highest BCUT2D eigenvalue weighted by Crippen LogP contribution is 2.27. The summed E-state index contributed by atoms with van der Waals surface area (Å²) < 4.78 is 0. The van der Waals surface area contributed by atoms with E-state index in [9.17, 15) is 0 Å². The number of nitrogens with one attached hydrogen (secondary N) is 2. The van der Waals surface area contributed by atoms with E-state index in [4.69, 9.17) is 0 Å². The molecule has 0 saturated heterocycles. The van der Waals surface area contributed by atoms with Crippen molar-refractivity contribution in [2.45, 2.75) is 33.4 Å². The van der Waals surface area contributed by atoms with E-state index in [0.29, 0.717) is 6.04 Å². The first kappa shape index (κ1) is 15.5. The number of benzene rings is 1. The van der Waals surface area contributed by atoms with Gasteiger partial charge in [-0.05, 0) is 20.8 Å². The fourth-order valence-electron chi connectivity index (χ4n) is 1.93. The molecular formula is C16H22N4S. The average molecular weight is 302 g/mol. The third kappa shape index (κ3) is 4.29. The standard InChI is InChI=1S/C16H22N4S/c1-11(2)19-16(17-4)18-10-14-12(3)20-15(21-14)13-8-6-5-7-9-13/h5-9,11H,10H2,1-4H3,(H2,17,18,19). The molecule has 0 fully saturated rings. The minimum absolute atomic E-state index is 0.360. The molecule has 21 heavy (non-hydrogen) atoms. The predicted octanol–water partition coefficient (Wildman–Crippen LogP) is 3.19. The van der Waals surface area contributed by atoms with Crippen molar-refractivity contribution in [1.29, 1.82) is 0 Å². The first-order valence-corrected chi connectivity index (χ1v) is 7.90. The maximum Gasteiger partial charge on any atom is 0.191 e. The predicted molar refractivity (Wildman–Crippen MR) is 90.8 cm³/mol. The Bertz CT molecular complexity index is 602. The van der Waals surface area contributed by atoms with Gasteiger partial charge in [0.1, 0.15) is 5.01 Å². The fraction of sp³-hybridized carbons (Fsp3) is 0.375. The molecule has 112 valence electrons. The van der Waals surface area contributed by atoms with Gasteiger partial charge < -0.3 is 10.6 Å². The average Bonchev–Trinajstić information content (AvgIpc) is 2.85. The Labute approximate surface area is 130 Å². The van der Waals surface area contributed by atoms with E-state index >= 15 is 0 Å². The van der Waals surface area contributed by atoms with Gasteiger partial charge in [0.25, 0.3) is 0 Å². The van der Waals surface area contributed by atoms with Crippen molar-refractivity contribution in [3.8, 4) is 10.6 Å². The Morgan fingerprint density at radius 1 is 1.29 bits per heavy atom. The van der Waals surface area contributed by atoms with E-state index in [1.165, 1.54) is 10.4 Å². The molecule has 2 N–H and O–H groups in total. The Balaban J connectivity index is 2.06. The van der Waals surface area contributed by atoms with Crippen molar-refractivity contribution in [3.63, 3.8) is 0 Å². The minimum Gasteiger partial charge on any atom is -0.354 e. The van der Waals surface area contributed by atoms with Crippen LogP contribution in [0.3, 0.4) is 0 Å². The molecule has 1 aromatic carbocycles. The van der Waals surface area contributed by atoms with Gasteiger partial charge in [-0.1, -0.05) is 30.3 Å². The molecule has 0 aliphatic heterocycles. The number of nitrogens with zero attached hydrogens (tertiary/aromatic N) is 2. The first-order chi connectivity index (χ1) is 10.1. The third-order valence-corrected chi connectivity index (χ3v) is 4.19. The van der Waals surface area contributed by atoms with Crippen molar-refractivity contribution >= 4 is 17.3 Å². The largest absolute Gasteiger partial charge is 0.354 e. The lowest BCUT2D eigenvalue weighted by Crippen LogP contribution is -2.40. The van der Waals surface area contributed by atoms with Crippen LogP contribution in [0.2, 0.25) is 0 Å². The van der Waals surface area contributed by atoms with Gasteiger partial charge in [0.15, 0.2) is 5.96 Å². The second-order valence-electron chi connectivity index (χ2n) is 5.12. The lowest BCUT2D eigenvalue weighted by atomic mass is 10.2. The molecule has 0 spiro atoms. The van der Waals surface area contributed by atoms with Gasteiger partial charge in [0.05, 0.1) is 12.2 Å². The SMILES string of the molecule is CN=C(NCc1sc(-c2ccccc2)nc1C)NC(C)C. The van der Waals surface area contributed by atoms with Crippen LogP contribution in [0.5, 0.6) is 0 Å². The van der Waals surface area contributed by atoms with E-state index in [1.807, 2.05) is 18.2 Å². The second-order valence-corrected chi connectivity index (χ2v) is 6.20. The van der Waals surface area contributed by atoms with Crippen molar-refractivity contribution in [2.24, 2.45) is 4.99 Å². The summed E-state index contributed by atoms with van der Waals surface area (Å²) in [5.41, 5.74) is 2.24.